The zero-order chi connectivity index (χ0) is 44.2. The molecule has 0 aliphatic carbocycles. The number of aliphatic carboxylic acids is 1. The summed E-state index contributed by atoms with van der Waals surface area (Å²) in [6.07, 6.45) is 1.51. The molecule has 322 valence electrons. The predicted molar refractivity (Wildman–Crippen MR) is 241 cm³/mol. The normalized spacial score (nSPS) is 16.3. The number of carboxylic acid groups (broad SMARTS) is 1. The molecule has 0 bridgehead atoms. The minimum absolute atomic E-state index is 0.0449. The first-order chi connectivity index (χ1) is 30.4. The standard InChI is InChI=1S/C50H46Cl2N4O7/c1-29-30(2)53-21-20-39(29)34-14-12-32(13-15-34)22-43(49(58)59)55-48(57)44-23-36-24-45-46(25-37(36)26-56(44)50(60)54-31(3)33-8-5-4-6-9-33)63-47(28-62-45)35-16-18-38(19-17-35)61-27-40-41(51)10-7-11-42(40)52/h4-21,24-25,31,43-44,47H,22-23,26-28H2,1-3H3,(H,54,60)(H,55,57)(H,58,59). The fraction of sp³-hybridized carbons (Fsp3) is 0.240. The molecule has 8 rings (SSSR count). The van der Waals surface area contributed by atoms with E-state index in [0.29, 0.717) is 32.9 Å². The predicted octanol–water partition coefficient (Wildman–Crippen LogP) is 9.77. The zero-order valence-electron chi connectivity index (χ0n) is 34.9. The highest BCUT2D eigenvalue weighted by Crippen LogP contribution is 2.41. The third kappa shape index (κ3) is 9.75. The number of carboxylic acids is 1. The van der Waals surface area contributed by atoms with Crippen molar-refractivity contribution in [3.05, 3.63) is 176 Å². The number of carbonyl (C=O) groups excluding carboxylic acids is 2. The van der Waals surface area contributed by atoms with E-state index in [1.165, 1.54) is 4.90 Å². The van der Waals surface area contributed by atoms with Gasteiger partial charge in [-0.2, -0.15) is 0 Å². The fourth-order valence-electron chi connectivity index (χ4n) is 7.94. The lowest BCUT2D eigenvalue weighted by Gasteiger charge is -2.38. The fourth-order valence-corrected chi connectivity index (χ4v) is 8.44. The van der Waals surface area contributed by atoms with Gasteiger partial charge in [0.2, 0.25) is 5.91 Å². The van der Waals surface area contributed by atoms with Crippen molar-refractivity contribution in [2.75, 3.05) is 6.61 Å². The maximum Gasteiger partial charge on any atom is 0.326 e. The second-order valence-electron chi connectivity index (χ2n) is 15.8. The van der Waals surface area contributed by atoms with Gasteiger partial charge in [0.05, 0.1) is 6.04 Å². The Labute approximate surface area is 375 Å². The number of nitrogens with one attached hydrogen (secondary N) is 2. The Kier molecular flexibility index (Phi) is 12.9. The number of amides is 3. The Bertz CT molecular complexity index is 2620. The van der Waals surface area contributed by atoms with Crippen molar-refractivity contribution in [3.63, 3.8) is 0 Å². The molecule has 3 N–H and O–H groups in total. The van der Waals surface area contributed by atoms with Crippen LogP contribution in [0.2, 0.25) is 10.0 Å². The van der Waals surface area contributed by atoms with E-state index >= 15 is 0 Å². The van der Waals surface area contributed by atoms with E-state index in [-0.39, 0.29) is 38.6 Å². The number of halogens is 2. The van der Waals surface area contributed by atoms with Gasteiger partial charge in [0, 0.05) is 46.9 Å². The molecule has 63 heavy (non-hydrogen) atoms. The molecule has 0 radical (unpaired) electrons. The average molecular weight is 886 g/mol. The van der Waals surface area contributed by atoms with Crippen molar-refractivity contribution < 1.29 is 33.7 Å². The van der Waals surface area contributed by atoms with Crippen molar-refractivity contribution in [2.24, 2.45) is 0 Å². The molecule has 0 saturated heterocycles. The molecule has 4 atom stereocenters. The van der Waals surface area contributed by atoms with Crippen molar-refractivity contribution >= 4 is 41.1 Å². The third-order valence-electron chi connectivity index (χ3n) is 11.7. The lowest BCUT2D eigenvalue weighted by molar-refractivity contribution is -0.142. The summed E-state index contributed by atoms with van der Waals surface area (Å²) in [4.78, 5) is 46.9. The summed E-state index contributed by atoms with van der Waals surface area (Å²) >= 11 is 12.6. The molecule has 0 fully saturated rings. The van der Waals surface area contributed by atoms with Gasteiger partial charge < -0.3 is 34.9 Å². The molecule has 13 heteroatoms. The van der Waals surface area contributed by atoms with Gasteiger partial charge in [-0.05, 0) is 108 Å². The first-order valence-corrected chi connectivity index (χ1v) is 21.4. The highest BCUT2D eigenvalue weighted by Gasteiger charge is 2.38. The number of aryl methyl sites for hydroxylation is 1. The van der Waals surface area contributed by atoms with Crippen LogP contribution < -0.4 is 24.8 Å². The van der Waals surface area contributed by atoms with Crippen LogP contribution in [0.3, 0.4) is 0 Å². The van der Waals surface area contributed by atoms with Crippen LogP contribution in [0.5, 0.6) is 17.2 Å². The van der Waals surface area contributed by atoms with Gasteiger partial charge in [-0.15, -0.1) is 0 Å². The van der Waals surface area contributed by atoms with Crippen molar-refractivity contribution in [3.8, 4) is 28.4 Å². The number of hydrogen-bond acceptors (Lipinski definition) is 7. The molecule has 0 saturated carbocycles. The van der Waals surface area contributed by atoms with Crippen LogP contribution in [0, 0.1) is 13.8 Å². The molecular formula is C50H46Cl2N4O7. The summed E-state index contributed by atoms with van der Waals surface area (Å²) in [5, 5.41) is 17.2. The number of benzene rings is 5. The number of aromatic nitrogens is 1. The van der Waals surface area contributed by atoms with Crippen LogP contribution in [0.1, 0.15) is 63.7 Å². The van der Waals surface area contributed by atoms with Gasteiger partial charge >= 0.3 is 12.0 Å². The Hall–Kier alpha value is -6.56. The van der Waals surface area contributed by atoms with Gasteiger partial charge in [-0.1, -0.05) is 96.0 Å². The van der Waals surface area contributed by atoms with Crippen LogP contribution in [-0.4, -0.2) is 51.6 Å². The van der Waals surface area contributed by atoms with Crippen LogP contribution in [-0.2, 0) is 35.6 Å². The Morgan fingerprint density at radius 2 is 1.59 bits per heavy atom. The summed E-state index contributed by atoms with van der Waals surface area (Å²) in [5.74, 6) is -0.107. The van der Waals surface area contributed by atoms with E-state index in [9.17, 15) is 19.5 Å². The second-order valence-corrected chi connectivity index (χ2v) is 16.7. The molecule has 4 unspecified atom stereocenters. The number of carbonyl (C=O) groups is 3. The van der Waals surface area contributed by atoms with Crippen molar-refractivity contribution in [1.29, 1.82) is 0 Å². The monoisotopic (exact) mass is 884 g/mol. The SMILES string of the molecule is Cc1nccc(-c2ccc(CC(NC(=O)C3Cc4cc5c(cc4CN3C(=O)NC(C)c3ccccc3)OC(c3ccc(OCc4c(Cl)cccc4Cl)cc3)CO5)C(=O)O)cc2)c1C. The van der Waals surface area contributed by atoms with E-state index in [0.717, 1.165) is 50.2 Å². The zero-order valence-corrected chi connectivity index (χ0v) is 36.5. The average Bonchev–Trinajstić information content (AvgIpc) is 3.29. The summed E-state index contributed by atoms with van der Waals surface area (Å²) in [6, 6.07) is 32.5. The maximum atomic E-state index is 14.3. The minimum atomic E-state index is -1.25. The molecule has 5 aromatic carbocycles. The molecule has 2 aliphatic rings. The quantitative estimate of drug-likeness (QED) is 0.110. The molecule has 11 nitrogen and oxygen atoms in total. The molecule has 3 amide bonds. The molecule has 0 spiro atoms. The van der Waals surface area contributed by atoms with E-state index in [4.69, 9.17) is 37.4 Å². The van der Waals surface area contributed by atoms with Crippen LogP contribution in [0.15, 0.2) is 121 Å². The van der Waals surface area contributed by atoms with Crippen LogP contribution >= 0.6 is 23.2 Å². The number of fused-ring (bicyclic) bond motifs is 2. The number of ether oxygens (including phenoxy) is 3. The number of pyridine rings is 1. The highest BCUT2D eigenvalue weighted by atomic mass is 35.5. The number of nitrogens with zero attached hydrogens (tertiary/aromatic N) is 2. The summed E-state index contributed by atoms with van der Waals surface area (Å²) in [7, 11) is 0. The van der Waals surface area contributed by atoms with Gasteiger partial charge in [-0.3, -0.25) is 9.78 Å². The third-order valence-corrected chi connectivity index (χ3v) is 12.4. The smallest absolute Gasteiger partial charge is 0.326 e. The first-order valence-electron chi connectivity index (χ1n) is 20.7. The molecule has 2 aliphatic heterocycles. The Balaban J connectivity index is 0.992. The molecule has 1 aromatic heterocycles. The molecular weight excluding hydrogens is 839 g/mol. The van der Waals surface area contributed by atoms with Gasteiger partial charge in [0.15, 0.2) is 17.6 Å². The maximum absolute atomic E-state index is 14.3. The number of hydrogen-bond donors (Lipinski definition) is 3. The summed E-state index contributed by atoms with van der Waals surface area (Å²) in [6.45, 7) is 6.36. The Morgan fingerprint density at radius 3 is 2.30 bits per heavy atom. The van der Waals surface area contributed by atoms with E-state index in [1.807, 2.05) is 118 Å². The first kappa shape index (κ1) is 43.1. The van der Waals surface area contributed by atoms with Gasteiger partial charge in [0.25, 0.3) is 0 Å². The highest BCUT2D eigenvalue weighted by molar-refractivity contribution is 6.35. The second kappa shape index (κ2) is 18.8. The van der Waals surface area contributed by atoms with Crippen molar-refractivity contribution in [1.82, 2.24) is 20.5 Å². The lowest BCUT2D eigenvalue weighted by atomic mass is 9.92. The number of urea groups is 1. The van der Waals surface area contributed by atoms with E-state index in [1.54, 1.807) is 24.4 Å². The minimum Gasteiger partial charge on any atom is -0.489 e. The van der Waals surface area contributed by atoms with E-state index < -0.39 is 36.1 Å². The lowest BCUT2D eigenvalue weighted by Crippen LogP contribution is -2.57. The molecule has 3 heterocycles. The molecule has 6 aromatic rings. The largest absolute Gasteiger partial charge is 0.489 e. The summed E-state index contributed by atoms with van der Waals surface area (Å²) < 4.78 is 18.7. The summed E-state index contributed by atoms with van der Waals surface area (Å²) in [5.41, 5.74) is 8.80. The van der Waals surface area contributed by atoms with Crippen molar-refractivity contribution in [2.45, 2.75) is 71.0 Å². The van der Waals surface area contributed by atoms with Gasteiger partial charge in [0.1, 0.15) is 31.0 Å². The van der Waals surface area contributed by atoms with Crippen LogP contribution in [0.25, 0.3) is 11.1 Å². The topological polar surface area (TPSA) is 139 Å². The van der Waals surface area contributed by atoms with Gasteiger partial charge in [-0.25, -0.2) is 9.59 Å². The Morgan fingerprint density at radius 1 is 0.873 bits per heavy atom. The van der Waals surface area contributed by atoms with Crippen LogP contribution in [0.4, 0.5) is 4.79 Å². The number of rotatable bonds is 12. The van der Waals surface area contributed by atoms with E-state index in [2.05, 4.69) is 15.6 Å².